The highest BCUT2D eigenvalue weighted by molar-refractivity contribution is 7.89. The van der Waals surface area contributed by atoms with E-state index in [-0.39, 0.29) is 4.90 Å². The third-order valence-corrected chi connectivity index (χ3v) is 2.43. The summed E-state index contributed by atoms with van der Waals surface area (Å²) in [6.07, 6.45) is 0. The number of sulfonamides is 1. The van der Waals surface area contributed by atoms with E-state index in [2.05, 4.69) is 10.6 Å². The number of anilines is 1. The van der Waals surface area contributed by atoms with E-state index in [9.17, 15) is 13.6 Å². The lowest BCUT2D eigenvalue weighted by atomic mass is 10.3. The number of benzene rings is 1. The van der Waals surface area contributed by atoms with Crippen LogP contribution in [0.3, 0.4) is 0 Å². The molecule has 0 aromatic heterocycles. The SMILES string of the molecule is C/[N+]([O-])=N\Nc1ccc(S(N)(=O)=O)cc1. The van der Waals surface area contributed by atoms with Crippen LogP contribution < -0.4 is 10.6 Å². The molecular weight excluding hydrogens is 220 g/mol. The van der Waals surface area contributed by atoms with Crippen molar-refractivity contribution in [3.05, 3.63) is 29.5 Å². The second-order valence-corrected chi connectivity index (χ2v) is 4.31. The maximum atomic E-state index is 10.9. The Morgan fingerprint density at radius 1 is 1.40 bits per heavy atom. The maximum Gasteiger partial charge on any atom is 0.238 e. The summed E-state index contributed by atoms with van der Waals surface area (Å²) in [7, 11) is -2.47. The number of hydrogen-bond donors (Lipinski definition) is 2. The third kappa shape index (κ3) is 3.52. The van der Waals surface area contributed by atoms with Crippen molar-refractivity contribution in [1.29, 1.82) is 0 Å². The monoisotopic (exact) mass is 230 g/mol. The van der Waals surface area contributed by atoms with Gasteiger partial charge in [-0.05, 0) is 24.3 Å². The Bertz CT molecular complexity index is 462. The van der Waals surface area contributed by atoms with Gasteiger partial charge in [0, 0.05) is 0 Å². The highest BCUT2D eigenvalue weighted by Crippen LogP contribution is 2.12. The summed E-state index contributed by atoms with van der Waals surface area (Å²) in [5.41, 5.74) is 2.92. The van der Waals surface area contributed by atoms with Gasteiger partial charge in [0.05, 0.1) is 10.1 Å². The summed E-state index contributed by atoms with van der Waals surface area (Å²) in [6, 6.07) is 5.54. The first-order valence-corrected chi connectivity index (χ1v) is 5.44. The first-order valence-electron chi connectivity index (χ1n) is 3.90. The van der Waals surface area contributed by atoms with Gasteiger partial charge in [0.1, 0.15) is 12.7 Å². The van der Waals surface area contributed by atoms with Crippen LogP contribution in [-0.2, 0) is 10.0 Å². The molecule has 0 saturated carbocycles. The highest BCUT2D eigenvalue weighted by Gasteiger charge is 2.07. The van der Waals surface area contributed by atoms with Gasteiger partial charge in [0.25, 0.3) is 0 Å². The summed E-state index contributed by atoms with van der Waals surface area (Å²) in [6.45, 7) is 0. The first kappa shape index (κ1) is 11.4. The average molecular weight is 230 g/mol. The third-order valence-electron chi connectivity index (χ3n) is 1.50. The van der Waals surface area contributed by atoms with Gasteiger partial charge in [-0.3, -0.25) is 0 Å². The minimum atomic E-state index is -3.68. The Kier molecular flexibility index (Phi) is 3.22. The van der Waals surface area contributed by atoms with Gasteiger partial charge in [0.15, 0.2) is 0 Å². The van der Waals surface area contributed by atoms with Crippen LogP contribution in [0.15, 0.2) is 34.4 Å². The number of nitrogens with zero attached hydrogens (tertiary/aromatic N) is 2. The molecule has 0 saturated heterocycles. The molecule has 0 bridgehead atoms. The zero-order chi connectivity index (χ0) is 11.5. The molecule has 1 rings (SSSR count). The van der Waals surface area contributed by atoms with E-state index in [1.54, 1.807) is 0 Å². The van der Waals surface area contributed by atoms with Crippen molar-refractivity contribution in [2.24, 2.45) is 10.4 Å². The van der Waals surface area contributed by atoms with E-state index < -0.39 is 10.0 Å². The number of rotatable bonds is 3. The highest BCUT2D eigenvalue weighted by atomic mass is 32.2. The minimum absolute atomic E-state index is 0.00327. The predicted octanol–water partition coefficient (Wildman–Crippen LogP) is 0.253. The van der Waals surface area contributed by atoms with Gasteiger partial charge >= 0.3 is 0 Å². The van der Waals surface area contributed by atoms with Crippen LogP contribution in [0.2, 0.25) is 0 Å². The van der Waals surface area contributed by atoms with E-state index in [4.69, 9.17) is 5.14 Å². The average Bonchev–Trinajstić information content (AvgIpc) is 2.14. The predicted molar refractivity (Wildman–Crippen MR) is 53.4 cm³/mol. The lowest BCUT2D eigenvalue weighted by molar-refractivity contribution is -0.497. The zero-order valence-electron chi connectivity index (χ0n) is 7.91. The number of nitrogens with two attached hydrogens (primary N) is 1. The number of hydrogen-bond acceptors (Lipinski definition) is 4. The Morgan fingerprint density at radius 2 is 1.93 bits per heavy atom. The summed E-state index contributed by atoms with van der Waals surface area (Å²) >= 11 is 0. The van der Waals surface area contributed by atoms with Gasteiger partial charge in [-0.15, -0.1) is 5.43 Å². The molecule has 0 aliphatic rings. The van der Waals surface area contributed by atoms with Crippen LogP contribution in [-0.4, -0.2) is 20.3 Å². The van der Waals surface area contributed by atoms with Crippen molar-refractivity contribution >= 4 is 15.7 Å². The van der Waals surface area contributed by atoms with Crippen LogP contribution in [0.25, 0.3) is 0 Å². The Morgan fingerprint density at radius 3 is 2.33 bits per heavy atom. The molecule has 0 spiro atoms. The van der Waals surface area contributed by atoms with Crippen LogP contribution in [0.5, 0.6) is 0 Å². The second kappa shape index (κ2) is 4.24. The second-order valence-electron chi connectivity index (χ2n) is 2.75. The van der Waals surface area contributed by atoms with Crippen molar-refractivity contribution in [2.45, 2.75) is 4.90 Å². The summed E-state index contributed by atoms with van der Waals surface area (Å²) < 4.78 is 21.8. The fourth-order valence-corrected chi connectivity index (χ4v) is 1.36. The normalized spacial score (nSPS) is 12.5. The van der Waals surface area contributed by atoms with Crippen molar-refractivity contribution in [2.75, 3.05) is 12.5 Å². The molecule has 0 aliphatic heterocycles. The maximum absolute atomic E-state index is 10.9. The molecule has 1 aromatic rings. The van der Waals surface area contributed by atoms with Gasteiger partial charge in [-0.1, -0.05) is 0 Å². The fraction of sp³-hybridized carbons (Fsp3) is 0.143. The molecule has 8 heteroatoms. The van der Waals surface area contributed by atoms with Crippen LogP contribution in [0.4, 0.5) is 5.69 Å². The summed E-state index contributed by atoms with van der Waals surface area (Å²) in [5.74, 6) is 0. The van der Waals surface area contributed by atoms with E-state index in [0.717, 1.165) is 0 Å². The molecule has 1 aromatic carbocycles. The van der Waals surface area contributed by atoms with E-state index in [1.165, 1.54) is 31.3 Å². The molecule has 7 nitrogen and oxygen atoms in total. The molecule has 0 heterocycles. The minimum Gasteiger partial charge on any atom is -0.696 e. The number of primary sulfonamides is 1. The van der Waals surface area contributed by atoms with Gasteiger partial charge in [-0.2, -0.15) is 4.86 Å². The van der Waals surface area contributed by atoms with Gasteiger partial charge in [-0.25, -0.2) is 13.6 Å². The molecule has 0 amide bonds. The summed E-state index contributed by atoms with van der Waals surface area (Å²) in [4.78, 5) is 0.344. The topological polar surface area (TPSA) is 111 Å². The van der Waals surface area contributed by atoms with E-state index in [1.807, 2.05) is 0 Å². The molecule has 0 aliphatic carbocycles. The lowest BCUT2D eigenvalue weighted by Crippen LogP contribution is -2.11. The van der Waals surface area contributed by atoms with Crippen LogP contribution in [0, 0.1) is 5.21 Å². The standard InChI is InChI=1S/C7H10N4O3S/c1-11(12)10-9-6-2-4-7(5-3-6)15(8,13)14/h2-5,9H,1H3,(H2,8,13,14)/b11-10+. The molecule has 0 fully saturated rings. The Balaban J connectivity index is 2.87. The number of hydroxylamine groups is 1. The van der Waals surface area contributed by atoms with E-state index in [0.29, 0.717) is 10.5 Å². The van der Waals surface area contributed by atoms with Crippen LogP contribution >= 0.6 is 0 Å². The molecule has 0 unspecified atom stereocenters. The van der Waals surface area contributed by atoms with Crippen LogP contribution in [0.1, 0.15) is 0 Å². The molecule has 82 valence electrons. The first-order chi connectivity index (χ1) is 6.89. The molecule has 0 atom stereocenters. The Hall–Kier alpha value is -1.67. The Labute approximate surface area is 86.8 Å². The van der Waals surface area contributed by atoms with Gasteiger partial charge in [0.2, 0.25) is 10.0 Å². The largest absolute Gasteiger partial charge is 0.696 e. The zero-order valence-corrected chi connectivity index (χ0v) is 8.73. The van der Waals surface area contributed by atoms with Crippen molar-refractivity contribution in [1.82, 2.24) is 0 Å². The van der Waals surface area contributed by atoms with Crippen molar-refractivity contribution in [3.8, 4) is 0 Å². The van der Waals surface area contributed by atoms with Crippen molar-refractivity contribution in [3.63, 3.8) is 0 Å². The lowest BCUT2D eigenvalue weighted by Gasteiger charge is -1.99. The number of nitrogens with one attached hydrogen (secondary N) is 1. The quantitative estimate of drug-likeness (QED) is 0.440. The van der Waals surface area contributed by atoms with Crippen molar-refractivity contribution < 1.29 is 13.3 Å². The summed E-state index contributed by atoms with van der Waals surface area (Å²) in [5, 5.41) is 18.6. The smallest absolute Gasteiger partial charge is 0.238 e. The molecular formula is C7H10N4O3S. The van der Waals surface area contributed by atoms with Gasteiger partial charge < -0.3 is 5.21 Å². The molecule has 15 heavy (non-hydrogen) atoms. The molecule has 0 radical (unpaired) electrons. The van der Waals surface area contributed by atoms with E-state index >= 15 is 0 Å². The fourth-order valence-electron chi connectivity index (χ4n) is 0.847. The molecule has 3 N–H and O–H groups in total.